The molecule has 0 saturated carbocycles. The van der Waals surface area contributed by atoms with E-state index >= 15 is 0 Å². The molecular weight excluding hydrogens is 284 g/mol. The van der Waals surface area contributed by atoms with Crippen LogP contribution in [-0.2, 0) is 4.79 Å². The fourth-order valence-electron chi connectivity index (χ4n) is 2.74. The molecule has 116 valence electrons. The molecular formula is C16H24N2O2S. The van der Waals surface area contributed by atoms with Gasteiger partial charge in [0.05, 0.1) is 10.8 Å². The molecule has 0 aromatic carbocycles. The van der Waals surface area contributed by atoms with E-state index in [2.05, 4.69) is 19.2 Å². The van der Waals surface area contributed by atoms with E-state index in [0.717, 1.165) is 37.1 Å². The second kappa shape index (κ2) is 7.59. The Balaban J connectivity index is 1.94. The highest BCUT2D eigenvalue weighted by atomic mass is 32.1. The molecule has 2 rings (SSSR count). The van der Waals surface area contributed by atoms with Crippen LogP contribution < -0.4 is 5.32 Å². The Morgan fingerprint density at radius 3 is 2.81 bits per heavy atom. The molecule has 0 bridgehead atoms. The lowest BCUT2D eigenvalue weighted by Crippen LogP contribution is -2.47. The van der Waals surface area contributed by atoms with E-state index in [4.69, 9.17) is 0 Å². The first-order chi connectivity index (χ1) is 10.2. The number of rotatable bonds is 5. The van der Waals surface area contributed by atoms with Gasteiger partial charge in [0, 0.05) is 19.1 Å². The molecule has 1 fully saturated rings. The van der Waals surface area contributed by atoms with Gasteiger partial charge in [0.25, 0.3) is 5.91 Å². The number of hydrogen-bond acceptors (Lipinski definition) is 3. The van der Waals surface area contributed by atoms with Gasteiger partial charge in [0.1, 0.15) is 0 Å². The average Bonchev–Trinajstić information content (AvgIpc) is 3.06. The number of hydrogen-bond donors (Lipinski definition) is 1. The monoisotopic (exact) mass is 308 g/mol. The number of thiophene rings is 1. The Kier molecular flexibility index (Phi) is 5.79. The van der Waals surface area contributed by atoms with Gasteiger partial charge in [-0.1, -0.05) is 19.9 Å². The van der Waals surface area contributed by atoms with Crippen molar-refractivity contribution in [3.63, 3.8) is 0 Å². The van der Waals surface area contributed by atoms with E-state index in [-0.39, 0.29) is 23.8 Å². The average molecular weight is 308 g/mol. The third-order valence-corrected chi connectivity index (χ3v) is 5.00. The van der Waals surface area contributed by atoms with Crippen molar-refractivity contribution in [1.29, 1.82) is 0 Å². The van der Waals surface area contributed by atoms with Crippen molar-refractivity contribution in [1.82, 2.24) is 10.2 Å². The van der Waals surface area contributed by atoms with Crippen molar-refractivity contribution in [3.8, 4) is 0 Å². The molecule has 4 nitrogen and oxygen atoms in total. The van der Waals surface area contributed by atoms with Gasteiger partial charge in [-0.2, -0.15) is 0 Å². The lowest BCUT2D eigenvalue weighted by Gasteiger charge is -2.32. The molecule has 0 spiro atoms. The van der Waals surface area contributed by atoms with Gasteiger partial charge in [0.2, 0.25) is 5.91 Å². The van der Waals surface area contributed by atoms with E-state index in [0.29, 0.717) is 6.54 Å². The summed E-state index contributed by atoms with van der Waals surface area (Å²) in [6.45, 7) is 5.47. The van der Waals surface area contributed by atoms with Crippen molar-refractivity contribution < 1.29 is 9.59 Å². The maximum absolute atomic E-state index is 12.4. The van der Waals surface area contributed by atoms with Crippen molar-refractivity contribution in [2.45, 2.75) is 45.6 Å². The SMILES string of the molecule is CCC(CC)NC(=O)[C@@H]1CCCN(C(=O)c2cccs2)C1. The predicted octanol–water partition coefficient (Wildman–Crippen LogP) is 2.91. The molecule has 1 aromatic rings. The van der Waals surface area contributed by atoms with Crippen LogP contribution in [0.25, 0.3) is 0 Å². The maximum atomic E-state index is 12.4. The molecule has 0 unspecified atom stereocenters. The number of piperidine rings is 1. The maximum Gasteiger partial charge on any atom is 0.263 e. The summed E-state index contributed by atoms with van der Waals surface area (Å²) in [7, 11) is 0. The third-order valence-electron chi connectivity index (χ3n) is 4.14. The fraction of sp³-hybridized carbons (Fsp3) is 0.625. The first-order valence-corrected chi connectivity index (χ1v) is 8.66. The first-order valence-electron chi connectivity index (χ1n) is 7.78. The van der Waals surface area contributed by atoms with E-state index in [1.807, 2.05) is 22.4 Å². The molecule has 2 amide bonds. The summed E-state index contributed by atoms with van der Waals surface area (Å²) in [6, 6.07) is 3.99. The van der Waals surface area contributed by atoms with Crippen molar-refractivity contribution in [2.75, 3.05) is 13.1 Å². The number of carbonyl (C=O) groups is 2. The molecule has 1 aliphatic rings. The zero-order valence-corrected chi connectivity index (χ0v) is 13.6. The van der Waals surface area contributed by atoms with Crippen LogP contribution in [0.5, 0.6) is 0 Å². The van der Waals surface area contributed by atoms with Crippen molar-refractivity contribution in [2.24, 2.45) is 5.92 Å². The Labute approximate surface area is 130 Å². The quantitative estimate of drug-likeness (QED) is 0.909. The van der Waals surface area contributed by atoms with Gasteiger partial charge in [-0.05, 0) is 37.1 Å². The van der Waals surface area contributed by atoms with Crippen LogP contribution in [0.2, 0.25) is 0 Å². The molecule has 21 heavy (non-hydrogen) atoms. The zero-order chi connectivity index (χ0) is 15.2. The standard InChI is InChI=1S/C16H24N2O2S/c1-3-13(4-2)17-15(19)12-7-5-9-18(11-12)16(20)14-8-6-10-21-14/h6,8,10,12-13H,3-5,7,9,11H2,1-2H3,(H,17,19)/t12-/m1/s1. The highest BCUT2D eigenvalue weighted by Crippen LogP contribution is 2.21. The Morgan fingerprint density at radius 1 is 1.43 bits per heavy atom. The minimum absolute atomic E-state index is 0.0602. The summed E-state index contributed by atoms with van der Waals surface area (Å²) in [5.41, 5.74) is 0. The predicted molar refractivity (Wildman–Crippen MR) is 85.5 cm³/mol. The van der Waals surface area contributed by atoms with Crippen LogP contribution in [0.1, 0.15) is 49.2 Å². The van der Waals surface area contributed by atoms with Gasteiger partial charge in [-0.3, -0.25) is 9.59 Å². The molecule has 1 aliphatic heterocycles. The smallest absolute Gasteiger partial charge is 0.263 e. The van der Waals surface area contributed by atoms with Crippen LogP contribution in [0.3, 0.4) is 0 Å². The number of amides is 2. The second-order valence-corrected chi connectivity index (χ2v) is 6.54. The summed E-state index contributed by atoms with van der Waals surface area (Å²) in [4.78, 5) is 27.3. The highest BCUT2D eigenvalue weighted by Gasteiger charge is 2.29. The first kappa shape index (κ1) is 16.0. The number of carbonyl (C=O) groups excluding carboxylic acids is 2. The highest BCUT2D eigenvalue weighted by molar-refractivity contribution is 7.12. The number of nitrogens with zero attached hydrogens (tertiary/aromatic N) is 1. The molecule has 1 atom stereocenters. The summed E-state index contributed by atoms with van der Waals surface area (Å²) >= 11 is 1.46. The molecule has 1 aromatic heterocycles. The normalized spacial score (nSPS) is 18.8. The Hall–Kier alpha value is -1.36. The summed E-state index contributed by atoms with van der Waals surface area (Å²) in [5, 5.41) is 5.02. The van der Waals surface area contributed by atoms with E-state index < -0.39 is 0 Å². The lowest BCUT2D eigenvalue weighted by atomic mass is 9.96. The Bertz CT molecular complexity index is 469. The minimum atomic E-state index is -0.0664. The van der Waals surface area contributed by atoms with Gasteiger partial charge >= 0.3 is 0 Å². The van der Waals surface area contributed by atoms with Crippen molar-refractivity contribution in [3.05, 3.63) is 22.4 Å². The summed E-state index contributed by atoms with van der Waals surface area (Å²) in [5.74, 6) is 0.0978. The lowest BCUT2D eigenvalue weighted by molar-refractivity contribution is -0.127. The van der Waals surface area contributed by atoms with Crippen molar-refractivity contribution >= 4 is 23.2 Å². The summed E-state index contributed by atoms with van der Waals surface area (Å²) < 4.78 is 0. The minimum Gasteiger partial charge on any atom is -0.353 e. The summed E-state index contributed by atoms with van der Waals surface area (Å²) in [6.07, 6.45) is 3.68. The second-order valence-electron chi connectivity index (χ2n) is 5.59. The number of likely N-dealkylation sites (tertiary alicyclic amines) is 1. The molecule has 2 heterocycles. The van der Waals surface area contributed by atoms with E-state index in [1.54, 1.807) is 0 Å². The topological polar surface area (TPSA) is 49.4 Å². The van der Waals surface area contributed by atoms with Crippen LogP contribution >= 0.6 is 11.3 Å². The molecule has 1 saturated heterocycles. The van der Waals surface area contributed by atoms with E-state index in [1.165, 1.54) is 11.3 Å². The molecule has 1 N–H and O–H groups in total. The van der Waals surface area contributed by atoms with Gasteiger partial charge in [-0.15, -0.1) is 11.3 Å². The van der Waals surface area contributed by atoms with E-state index in [9.17, 15) is 9.59 Å². The largest absolute Gasteiger partial charge is 0.353 e. The molecule has 0 radical (unpaired) electrons. The van der Waals surface area contributed by atoms with Gasteiger partial charge in [-0.25, -0.2) is 0 Å². The van der Waals surface area contributed by atoms with Crippen LogP contribution in [0.15, 0.2) is 17.5 Å². The molecule has 0 aliphatic carbocycles. The van der Waals surface area contributed by atoms with Gasteiger partial charge in [0.15, 0.2) is 0 Å². The Morgan fingerprint density at radius 2 is 2.19 bits per heavy atom. The fourth-order valence-corrected chi connectivity index (χ4v) is 3.43. The van der Waals surface area contributed by atoms with Crippen LogP contribution in [0, 0.1) is 5.92 Å². The van der Waals surface area contributed by atoms with Gasteiger partial charge < -0.3 is 10.2 Å². The number of nitrogens with one attached hydrogen (secondary N) is 1. The molecule has 5 heteroatoms. The zero-order valence-electron chi connectivity index (χ0n) is 12.8. The van der Waals surface area contributed by atoms with Crippen LogP contribution in [-0.4, -0.2) is 35.8 Å². The third kappa shape index (κ3) is 4.06. The van der Waals surface area contributed by atoms with Crippen LogP contribution in [0.4, 0.5) is 0 Å².